The third-order valence-corrected chi connectivity index (χ3v) is 4.01. The van der Waals surface area contributed by atoms with Crippen LogP contribution in [0.1, 0.15) is 43.5 Å². The summed E-state index contributed by atoms with van der Waals surface area (Å²) in [5, 5.41) is 3.62. The average molecular weight is 348 g/mol. The summed E-state index contributed by atoms with van der Waals surface area (Å²) in [6.07, 6.45) is 0.887. The van der Waals surface area contributed by atoms with Crippen LogP contribution >= 0.6 is 12.4 Å². The van der Waals surface area contributed by atoms with Crippen molar-refractivity contribution in [3.63, 3.8) is 0 Å². The van der Waals surface area contributed by atoms with Crippen LogP contribution in [-0.2, 0) is 11.2 Å². The lowest BCUT2D eigenvalue weighted by Crippen LogP contribution is -2.31. The van der Waals surface area contributed by atoms with Crippen LogP contribution in [0.3, 0.4) is 0 Å². The molecule has 24 heavy (non-hydrogen) atoms. The Labute approximate surface area is 150 Å². The Morgan fingerprint density at radius 2 is 1.75 bits per heavy atom. The van der Waals surface area contributed by atoms with Crippen LogP contribution in [0.5, 0.6) is 5.75 Å². The van der Waals surface area contributed by atoms with Gasteiger partial charge in [-0.2, -0.15) is 0 Å². The number of carbonyl (C=O) groups excluding carboxylic acids is 1. The number of ether oxygens (including phenoxy) is 1. The van der Waals surface area contributed by atoms with Crippen LogP contribution in [0.15, 0.2) is 48.5 Å². The second-order valence-corrected chi connectivity index (χ2v) is 6.04. The third-order valence-electron chi connectivity index (χ3n) is 4.01. The summed E-state index contributed by atoms with van der Waals surface area (Å²) in [5.74, 6) is 0.368. The number of benzene rings is 2. The van der Waals surface area contributed by atoms with Crippen LogP contribution in [0.2, 0.25) is 0 Å². The predicted octanol–water partition coefficient (Wildman–Crippen LogP) is 4.62. The molecule has 2 aromatic carbocycles. The monoisotopic (exact) mass is 347 g/mol. The Balaban J connectivity index is 0.00000288. The molecule has 0 aliphatic rings. The smallest absolute Gasteiger partial charge is 0.308 e. The van der Waals surface area contributed by atoms with Gasteiger partial charge in [0.25, 0.3) is 0 Å². The zero-order valence-corrected chi connectivity index (χ0v) is 15.5. The van der Waals surface area contributed by atoms with Gasteiger partial charge in [-0.3, -0.25) is 4.79 Å². The van der Waals surface area contributed by atoms with Gasteiger partial charge in [0.2, 0.25) is 0 Å². The first-order valence-electron chi connectivity index (χ1n) is 8.05. The minimum Gasteiger partial charge on any atom is -0.426 e. The van der Waals surface area contributed by atoms with Crippen molar-refractivity contribution in [2.24, 2.45) is 0 Å². The van der Waals surface area contributed by atoms with E-state index in [0.29, 0.717) is 17.8 Å². The molecule has 1 N–H and O–H groups in total. The number of rotatable bonds is 6. The van der Waals surface area contributed by atoms with Gasteiger partial charge in [-0.05, 0) is 49.9 Å². The standard InChI is InChI=1S/C20H25NO2.ClH/c1-14(21-16(3)18-9-6-5-7-10-18)13-19-11-8-12-20(15(19)2)23-17(4)22;/h5-12,14,16,21H,13H2,1-4H3;1H/t14-,16-;/m1./s1. The summed E-state index contributed by atoms with van der Waals surface area (Å²) >= 11 is 0. The molecule has 0 spiro atoms. The van der Waals surface area contributed by atoms with Gasteiger partial charge >= 0.3 is 5.97 Å². The fraction of sp³-hybridized carbons (Fsp3) is 0.350. The van der Waals surface area contributed by atoms with Gasteiger partial charge in [0, 0.05) is 19.0 Å². The van der Waals surface area contributed by atoms with Crippen LogP contribution in [-0.4, -0.2) is 12.0 Å². The van der Waals surface area contributed by atoms with Crippen molar-refractivity contribution in [2.75, 3.05) is 0 Å². The van der Waals surface area contributed by atoms with E-state index in [2.05, 4.69) is 49.5 Å². The molecular weight excluding hydrogens is 322 g/mol. The predicted molar refractivity (Wildman–Crippen MR) is 101 cm³/mol. The van der Waals surface area contributed by atoms with Crippen molar-refractivity contribution in [1.29, 1.82) is 0 Å². The van der Waals surface area contributed by atoms with E-state index < -0.39 is 0 Å². The normalized spacial score (nSPS) is 12.8. The Hall–Kier alpha value is -1.84. The Kier molecular flexibility index (Phi) is 7.96. The van der Waals surface area contributed by atoms with Gasteiger partial charge in [-0.25, -0.2) is 0 Å². The van der Waals surface area contributed by atoms with E-state index in [-0.39, 0.29) is 18.4 Å². The summed E-state index contributed by atoms with van der Waals surface area (Å²) in [4.78, 5) is 11.2. The SMILES string of the molecule is CC(=O)Oc1cccc(C[C@@H](C)N[C@H](C)c2ccccc2)c1C.Cl. The lowest BCUT2D eigenvalue weighted by molar-refractivity contribution is -0.131. The first-order valence-corrected chi connectivity index (χ1v) is 8.05. The average Bonchev–Trinajstić information content (AvgIpc) is 2.51. The van der Waals surface area contributed by atoms with Gasteiger partial charge in [0.1, 0.15) is 5.75 Å². The molecule has 2 rings (SSSR count). The van der Waals surface area contributed by atoms with Gasteiger partial charge in [0.15, 0.2) is 0 Å². The fourth-order valence-electron chi connectivity index (χ4n) is 2.80. The molecule has 0 heterocycles. The lowest BCUT2D eigenvalue weighted by atomic mass is 10.00. The Bertz CT molecular complexity index is 658. The molecule has 0 aromatic heterocycles. The van der Waals surface area contributed by atoms with E-state index in [1.165, 1.54) is 18.1 Å². The van der Waals surface area contributed by atoms with Crippen molar-refractivity contribution in [2.45, 2.75) is 46.2 Å². The Morgan fingerprint density at radius 1 is 1.08 bits per heavy atom. The maximum Gasteiger partial charge on any atom is 0.308 e. The molecule has 0 radical (unpaired) electrons. The number of hydrogen-bond donors (Lipinski definition) is 1. The zero-order chi connectivity index (χ0) is 16.8. The van der Waals surface area contributed by atoms with Crippen LogP contribution in [0.4, 0.5) is 0 Å². The van der Waals surface area contributed by atoms with Crippen molar-refractivity contribution in [1.82, 2.24) is 5.32 Å². The molecule has 2 aromatic rings. The van der Waals surface area contributed by atoms with Crippen molar-refractivity contribution in [3.05, 3.63) is 65.2 Å². The molecule has 0 saturated heterocycles. The summed E-state index contributed by atoms with van der Waals surface area (Å²) in [7, 11) is 0. The van der Waals surface area contributed by atoms with Crippen molar-refractivity contribution >= 4 is 18.4 Å². The van der Waals surface area contributed by atoms with Crippen molar-refractivity contribution in [3.8, 4) is 5.75 Å². The highest BCUT2D eigenvalue weighted by Crippen LogP contribution is 2.23. The molecule has 0 aliphatic carbocycles. The van der Waals surface area contributed by atoms with E-state index in [1.54, 1.807) is 0 Å². The molecule has 0 saturated carbocycles. The summed E-state index contributed by atoms with van der Waals surface area (Å²) in [5.41, 5.74) is 3.51. The van der Waals surface area contributed by atoms with Gasteiger partial charge in [-0.15, -0.1) is 12.4 Å². The molecule has 0 fully saturated rings. The molecular formula is C20H26ClNO2. The largest absolute Gasteiger partial charge is 0.426 e. The summed E-state index contributed by atoms with van der Waals surface area (Å²) < 4.78 is 5.26. The molecule has 3 nitrogen and oxygen atoms in total. The molecule has 0 unspecified atom stereocenters. The summed E-state index contributed by atoms with van der Waals surface area (Å²) in [6.45, 7) is 7.78. The van der Waals surface area contributed by atoms with E-state index in [4.69, 9.17) is 4.74 Å². The number of carbonyl (C=O) groups is 1. The van der Waals surface area contributed by atoms with Gasteiger partial charge in [0.05, 0.1) is 0 Å². The number of halogens is 1. The maximum absolute atomic E-state index is 11.2. The van der Waals surface area contributed by atoms with E-state index in [9.17, 15) is 4.79 Å². The van der Waals surface area contributed by atoms with Crippen LogP contribution < -0.4 is 10.1 Å². The maximum atomic E-state index is 11.2. The van der Waals surface area contributed by atoms with Gasteiger partial charge in [-0.1, -0.05) is 42.5 Å². The van der Waals surface area contributed by atoms with Crippen LogP contribution in [0.25, 0.3) is 0 Å². The van der Waals surface area contributed by atoms with Crippen LogP contribution in [0, 0.1) is 6.92 Å². The first kappa shape index (κ1) is 20.2. The number of nitrogens with one attached hydrogen (secondary N) is 1. The first-order chi connectivity index (χ1) is 11.0. The Morgan fingerprint density at radius 3 is 2.38 bits per heavy atom. The highest BCUT2D eigenvalue weighted by atomic mass is 35.5. The number of esters is 1. The third kappa shape index (κ3) is 5.66. The van der Waals surface area contributed by atoms with Gasteiger partial charge < -0.3 is 10.1 Å². The van der Waals surface area contributed by atoms with E-state index in [1.807, 2.05) is 25.1 Å². The van der Waals surface area contributed by atoms with E-state index >= 15 is 0 Å². The minimum absolute atomic E-state index is 0. The molecule has 2 atom stereocenters. The highest BCUT2D eigenvalue weighted by Gasteiger charge is 2.13. The summed E-state index contributed by atoms with van der Waals surface area (Å²) in [6, 6.07) is 16.9. The van der Waals surface area contributed by atoms with Crippen molar-refractivity contribution < 1.29 is 9.53 Å². The molecule has 130 valence electrons. The molecule has 0 amide bonds. The molecule has 0 bridgehead atoms. The molecule has 4 heteroatoms. The number of hydrogen-bond acceptors (Lipinski definition) is 3. The van der Waals surface area contributed by atoms with E-state index in [0.717, 1.165) is 12.0 Å². The second kappa shape index (κ2) is 9.45. The zero-order valence-electron chi connectivity index (χ0n) is 14.7. The fourth-order valence-corrected chi connectivity index (χ4v) is 2.80. The molecule has 0 aliphatic heterocycles. The second-order valence-electron chi connectivity index (χ2n) is 6.04. The quantitative estimate of drug-likeness (QED) is 0.612. The highest BCUT2D eigenvalue weighted by molar-refractivity contribution is 5.85. The topological polar surface area (TPSA) is 38.3 Å². The lowest BCUT2D eigenvalue weighted by Gasteiger charge is -2.21. The minimum atomic E-state index is -0.283.